The van der Waals surface area contributed by atoms with Crippen LogP contribution in [-0.4, -0.2) is 49.4 Å². The van der Waals surface area contributed by atoms with Gasteiger partial charge in [0, 0.05) is 12.2 Å². The fourth-order valence-electron chi connectivity index (χ4n) is 0.326. The van der Waals surface area contributed by atoms with Crippen molar-refractivity contribution in [2.75, 3.05) is 5.75 Å². The van der Waals surface area contributed by atoms with Gasteiger partial charge in [0.1, 0.15) is 0 Å². The molecule has 50 valence electrons. The molecule has 0 bridgehead atoms. The number of carbonyl (C=O) groups excluding carboxylic acids is 1. The number of halogens is 2. The molecule has 1 amide bonds. The Morgan fingerprint density at radius 1 is 1.44 bits per heavy atom. The fraction of sp³-hybridized carbons (Fsp3) is 0.667. The maximum atomic E-state index is 10.1. The Bertz CT molecular complexity index is 76.2. The first-order valence-corrected chi connectivity index (χ1v) is 2.79. The molecular weight excluding hydrogens is 209 g/mol. The summed E-state index contributed by atoms with van der Waals surface area (Å²) >= 11 is 1.48. The van der Waals surface area contributed by atoms with E-state index in [1.807, 2.05) is 0 Å². The van der Waals surface area contributed by atoms with Gasteiger partial charge in [-0.05, 0) is 11.9 Å². The molecule has 0 aromatic heterocycles. The summed E-state index contributed by atoms with van der Waals surface area (Å²) in [5.74, 6) is 1.11. The summed E-state index contributed by atoms with van der Waals surface area (Å²) in [5, 5.41) is 0. The molecule has 0 radical (unpaired) electrons. The number of carbonyl (C=O) groups is 1. The van der Waals surface area contributed by atoms with Crippen molar-refractivity contribution in [1.82, 2.24) is 4.72 Å². The van der Waals surface area contributed by atoms with Gasteiger partial charge in [0.25, 0.3) is 0 Å². The zero-order valence-corrected chi connectivity index (χ0v) is 9.23. The van der Waals surface area contributed by atoms with Crippen LogP contribution in [0.25, 0.3) is 0 Å². The Morgan fingerprint density at radius 2 is 2.00 bits per heavy atom. The number of hydrogen-bond acceptors (Lipinski definition) is 2. The van der Waals surface area contributed by atoms with Crippen LogP contribution in [0.1, 0.15) is 6.42 Å². The molecule has 1 N–H and O–H groups in total. The molecule has 0 unspecified atom stereocenters. The van der Waals surface area contributed by atoms with Gasteiger partial charge in [-0.15, -0.1) is 0 Å². The number of rotatable bonds is 0. The first-order chi connectivity index (χ1) is 2.89. The minimum atomic E-state index is 0. The topological polar surface area (TPSA) is 29.1 Å². The minimum Gasteiger partial charge on any atom is -1.00 e. The van der Waals surface area contributed by atoms with Gasteiger partial charge in [0.15, 0.2) is 0 Å². The predicted octanol–water partition coefficient (Wildman–Crippen LogP) is -6.22. The average molecular weight is 214 g/mol. The van der Waals surface area contributed by atoms with E-state index in [1.54, 1.807) is 0 Å². The summed E-state index contributed by atoms with van der Waals surface area (Å²) in [7, 11) is 0. The SMILES string of the molecule is O=C1CCSN1.[Ca+2].[Cl-].[Cl-]. The van der Waals surface area contributed by atoms with E-state index in [-0.39, 0.29) is 68.5 Å². The third-order valence-corrected chi connectivity index (χ3v) is 1.40. The maximum absolute atomic E-state index is 10.1. The van der Waals surface area contributed by atoms with Gasteiger partial charge in [-0.1, -0.05) is 0 Å². The van der Waals surface area contributed by atoms with Crippen molar-refractivity contribution in [2.24, 2.45) is 0 Å². The standard InChI is InChI=1S/C3H5NOS.Ca.2ClH/c5-3-1-2-6-4-3;;;/h1-2H2,(H,4,5);;2*1H/q;+2;;/p-2. The van der Waals surface area contributed by atoms with Crippen molar-refractivity contribution in [3.63, 3.8) is 0 Å². The second-order valence-corrected chi connectivity index (χ2v) is 2.02. The third-order valence-electron chi connectivity index (χ3n) is 0.617. The van der Waals surface area contributed by atoms with Gasteiger partial charge < -0.3 is 29.5 Å². The molecular formula is C3H5CaCl2NOS. The van der Waals surface area contributed by atoms with Crippen LogP contribution in [0.4, 0.5) is 0 Å². The van der Waals surface area contributed by atoms with Gasteiger partial charge in [-0.3, -0.25) is 4.79 Å². The molecule has 1 aliphatic rings. The van der Waals surface area contributed by atoms with Crippen LogP contribution < -0.4 is 29.5 Å². The molecule has 1 heterocycles. The van der Waals surface area contributed by atoms with Crippen molar-refractivity contribution >= 4 is 55.6 Å². The Balaban J connectivity index is -0.000000120. The quantitative estimate of drug-likeness (QED) is 0.321. The Morgan fingerprint density at radius 3 is 2.11 bits per heavy atom. The zero-order chi connectivity index (χ0) is 4.41. The first-order valence-electron chi connectivity index (χ1n) is 1.80. The minimum absolute atomic E-state index is 0. The molecule has 6 heteroatoms. The van der Waals surface area contributed by atoms with Crippen molar-refractivity contribution in [3.05, 3.63) is 0 Å². The van der Waals surface area contributed by atoms with E-state index in [9.17, 15) is 4.79 Å². The van der Waals surface area contributed by atoms with Crippen LogP contribution in [0.5, 0.6) is 0 Å². The molecule has 1 fully saturated rings. The summed E-state index contributed by atoms with van der Waals surface area (Å²) in [5.41, 5.74) is 0. The Hall–Kier alpha value is 1.66. The first kappa shape index (κ1) is 17.0. The number of hydrogen-bond donors (Lipinski definition) is 1. The molecule has 1 rings (SSSR count). The van der Waals surface area contributed by atoms with Crippen molar-refractivity contribution < 1.29 is 29.6 Å². The van der Waals surface area contributed by atoms with Crippen LogP contribution in [0, 0.1) is 0 Å². The molecule has 1 aliphatic heterocycles. The molecule has 2 nitrogen and oxygen atoms in total. The molecule has 0 spiro atoms. The van der Waals surface area contributed by atoms with E-state index in [0.717, 1.165) is 5.75 Å². The Labute approximate surface area is 101 Å². The largest absolute Gasteiger partial charge is 2.00 e. The van der Waals surface area contributed by atoms with E-state index in [0.29, 0.717) is 6.42 Å². The number of amides is 1. The summed E-state index contributed by atoms with van der Waals surface area (Å²) < 4.78 is 2.60. The molecule has 9 heavy (non-hydrogen) atoms. The summed E-state index contributed by atoms with van der Waals surface area (Å²) in [6.07, 6.45) is 0.699. The summed E-state index contributed by atoms with van der Waals surface area (Å²) in [6, 6.07) is 0. The van der Waals surface area contributed by atoms with Crippen LogP contribution >= 0.6 is 11.9 Å². The Kier molecular flexibility index (Phi) is 18.2. The summed E-state index contributed by atoms with van der Waals surface area (Å²) in [6.45, 7) is 0. The molecule has 0 aromatic rings. The monoisotopic (exact) mass is 213 g/mol. The molecule has 0 saturated carbocycles. The molecule has 0 atom stereocenters. The third kappa shape index (κ3) is 7.56. The second kappa shape index (κ2) is 9.66. The van der Waals surface area contributed by atoms with Crippen molar-refractivity contribution in [3.8, 4) is 0 Å². The van der Waals surface area contributed by atoms with Gasteiger partial charge in [-0.2, -0.15) is 0 Å². The van der Waals surface area contributed by atoms with Crippen LogP contribution in [0.2, 0.25) is 0 Å². The van der Waals surface area contributed by atoms with Gasteiger partial charge in [0.05, 0.1) is 0 Å². The van der Waals surface area contributed by atoms with Crippen molar-refractivity contribution in [1.29, 1.82) is 0 Å². The average Bonchev–Trinajstić information content (AvgIpc) is 1.86. The smallest absolute Gasteiger partial charge is 1.00 e. The maximum Gasteiger partial charge on any atom is 2.00 e. The van der Waals surface area contributed by atoms with E-state index in [1.165, 1.54) is 11.9 Å². The molecule has 0 aromatic carbocycles. The normalized spacial score (nSPS) is 14.0. The van der Waals surface area contributed by atoms with Gasteiger partial charge >= 0.3 is 37.7 Å². The number of nitrogens with one attached hydrogen (secondary N) is 1. The van der Waals surface area contributed by atoms with Crippen LogP contribution in [-0.2, 0) is 4.79 Å². The van der Waals surface area contributed by atoms with Gasteiger partial charge in [0.2, 0.25) is 5.91 Å². The fourth-order valence-corrected chi connectivity index (χ4v) is 0.979. The van der Waals surface area contributed by atoms with Crippen LogP contribution in [0.15, 0.2) is 0 Å². The molecule has 1 saturated heterocycles. The molecule has 0 aliphatic carbocycles. The van der Waals surface area contributed by atoms with Gasteiger partial charge in [-0.25, -0.2) is 0 Å². The summed E-state index contributed by atoms with van der Waals surface area (Å²) in [4.78, 5) is 10.1. The van der Waals surface area contributed by atoms with Crippen LogP contribution in [0.3, 0.4) is 0 Å². The van der Waals surface area contributed by atoms with E-state index in [4.69, 9.17) is 0 Å². The van der Waals surface area contributed by atoms with Crippen molar-refractivity contribution in [2.45, 2.75) is 6.42 Å². The van der Waals surface area contributed by atoms with E-state index < -0.39 is 0 Å². The van der Waals surface area contributed by atoms with E-state index in [2.05, 4.69) is 4.72 Å². The predicted molar refractivity (Wildman–Crippen MR) is 31.0 cm³/mol. The van der Waals surface area contributed by atoms with E-state index >= 15 is 0 Å². The second-order valence-electron chi connectivity index (χ2n) is 1.12. The zero-order valence-electron chi connectivity index (χ0n) is 4.69.